The van der Waals surface area contributed by atoms with Crippen molar-refractivity contribution >= 4 is 5.91 Å². The second-order valence-electron chi connectivity index (χ2n) is 4.79. The molecule has 0 spiro atoms. The van der Waals surface area contributed by atoms with Crippen LogP contribution >= 0.6 is 0 Å². The Hall–Kier alpha value is -0.650. The van der Waals surface area contributed by atoms with E-state index in [1.54, 1.807) is 0 Å². The van der Waals surface area contributed by atoms with Crippen molar-refractivity contribution in [1.29, 1.82) is 0 Å². The van der Waals surface area contributed by atoms with Gasteiger partial charge in [-0.3, -0.25) is 9.69 Å². The number of amides is 1. The highest BCUT2D eigenvalue weighted by atomic mass is 16.2. The number of nitrogens with zero attached hydrogens (tertiary/aromatic N) is 2. The van der Waals surface area contributed by atoms with Crippen molar-refractivity contribution in [1.82, 2.24) is 15.1 Å². The lowest BCUT2D eigenvalue weighted by Gasteiger charge is -2.29. The standard InChI is InChI=1S/C12H26N4O/c1-3-11-9-15(2)7-4-8-16(11)10-12(17)14-6-5-13/h11H,3-10,13H2,1-2H3,(H,14,17). The molecule has 1 amide bonds. The number of rotatable bonds is 5. The average Bonchev–Trinajstić information content (AvgIpc) is 2.48. The van der Waals surface area contributed by atoms with Crippen molar-refractivity contribution in [3.63, 3.8) is 0 Å². The summed E-state index contributed by atoms with van der Waals surface area (Å²) < 4.78 is 0. The third-order valence-electron chi connectivity index (χ3n) is 3.31. The predicted octanol–water partition coefficient (Wildman–Crippen LogP) is -0.523. The maximum absolute atomic E-state index is 11.7. The van der Waals surface area contributed by atoms with E-state index in [0.29, 0.717) is 25.7 Å². The lowest BCUT2D eigenvalue weighted by Crippen LogP contribution is -2.45. The van der Waals surface area contributed by atoms with Crippen LogP contribution in [-0.4, -0.2) is 68.1 Å². The minimum Gasteiger partial charge on any atom is -0.354 e. The Labute approximate surface area is 104 Å². The fourth-order valence-corrected chi connectivity index (χ4v) is 2.34. The molecular weight excluding hydrogens is 216 g/mol. The van der Waals surface area contributed by atoms with Gasteiger partial charge in [-0.25, -0.2) is 0 Å². The Kier molecular flexibility index (Phi) is 6.47. The minimum absolute atomic E-state index is 0.0958. The molecule has 5 nitrogen and oxygen atoms in total. The summed E-state index contributed by atoms with van der Waals surface area (Å²) in [6.45, 7) is 6.97. The van der Waals surface area contributed by atoms with Crippen molar-refractivity contribution < 1.29 is 4.79 Å². The van der Waals surface area contributed by atoms with Crippen LogP contribution in [0.3, 0.4) is 0 Å². The smallest absolute Gasteiger partial charge is 0.234 e. The summed E-state index contributed by atoms with van der Waals surface area (Å²) in [5, 5.41) is 2.84. The molecule has 1 fully saturated rings. The second-order valence-corrected chi connectivity index (χ2v) is 4.79. The predicted molar refractivity (Wildman–Crippen MR) is 69.8 cm³/mol. The van der Waals surface area contributed by atoms with Gasteiger partial charge in [0.1, 0.15) is 0 Å². The molecule has 1 unspecified atom stereocenters. The summed E-state index contributed by atoms with van der Waals surface area (Å²) in [4.78, 5) is 16.4. The first-order chi connectivity index (χ1) is 8.17. The van der Waals surface area contributed by atoms with Gasteiger partial charge in [-0.15, -0.1) is 0 Å². The van der Waals surface area contributed by atoms with Crippen molar-refractivity contribution in [3.8, 4) is 0 Å². The summed E-state index contributed by atoms with van der Waals surface area (Å²) in [5.74, 6) is 0.0958. The summed E-state index contributed by atoms with van der Waals surface area (Å²) in [7, 11) is 2.15. The van der Waals surface area contributed by atoms with Crippen LogP contribution in [0.2, 0.25) is 0 Å². The minimum atomic E-state index is 0.0958. The van der Waals surface area contributed by atoms with Gasteiger partial charge in [0, 0.05) is 32.2 Å². The molecule has 0 aromatic rings. The van der Waals surface area contributed by atoms with Gasteiger partial charge in [0.15, 0.2) is 0 Å². The third kappa shape index (κ3) is 5.02. The molecule has 1 aliphatic heterocycles. The zero-order chi connectivity index (χ0) is 12.7. The zero-order valence-electron chi connectivity index (χ0n) is 11.1. The molecular formula is C12H26N4O. The van der Waals surface area contributed by atoms with Crippen molar-refractivity contribution in [2.45, 2.75) is 25.8 Å². The molecule has 1 heterocycles. The average molecular weight is 242 g/mol. The van der Waals surface area contributed by atoms with Gasteiger partial charge in [0.2, 0.25) is 5.91 Å². The van der Waals surface area contributed by atoms with Gasteiger partial charge in [0.05, 0.1) is 6.54 Å². The number of nitrogens with one attached hydrogen (secondary N) is 1. The molecule has 0 radical (unpaired) electrons. The number of hydrogen-bond donors (Lipinski definition) is 2. The van der Waals surface area contributed by atoms with Crippen LogP contribution in [0.15, 0.2) is 0 Å². The summed E-state index contributed by atoms with van der Waals surface area (Å²) in [6, 6.07) is 0.492. The molecule has 0 aromatic heterocycles. The molecule has 0 saturated carbocycles. The topological polar surface area (TPSA) is 61.6 Å². The Morgan fingerprint density at radius 2 is 2.24 bits per heavy atom. The quantitative estimate of drug-likeness (QED) is 0.681. The number of hydrogen-bond acceptors (Lipinski definition) is 4. The highest BCUT2D eigenvalue weighted by Crippen LogP contribution is 2.11. The van der Waals surface area contributed by atoms with E-state index < -0.39 is 0 Å². The van der Waals surface area contributed by atoms with E-state index in [2.05, 4.69) is 29.1 Å². The lowest BCUT2D eigenvalue weighted by atomic mass is 10.2. The highest BCUT2D eigenvalue weighted by molar-refractivity contribution is 5.78. The van der Waals surface area contributed by atoms with Crippen molar-refractivity contribution in [3.05, 3.63) is 0 Å². The molecule has 3 N–H and O–H groups in total. The number of carbonyl (C=O) groups is 1. The number of nitrogens with two attached hydrogens (primary N) is 1. The SMILES string of the molecule is CCC1CN(C)CCCN1CC(=O)NCCN. The van der Waals surface area contributed by atoms with Crippen LogP contribution < -0.4 is 11.1 Å². The molecule has 0 bridgehead atoms. The second kappa shape index (κ2) is 7.63. The Balaban J connectivity index is 2.45. The van der Waals surface area contributed by atoms with E-state index in [4.69, 9.17) is 5.73 Å². The van der Waals surface area contributed by atoms with Gasteiger partial charge in [-0.2, -0.15) is 0 Å². The monoisotopic (exact) mass is 242 g/mol. The van der Waals surface area contributed by atoms with E-state index in [1.807, 2.05) is 0 Å². The molecule has 5 heteroatoms. The molecule has 1 atom stereocenters. The number of carbonyl (C=O) groups excluding carboxylic acids is 1. The Bertz CT molecular complexity index is 235. The molecule has 0 aliphatic carbocycles. The molecule has 1 rings (SSSR count). The fourth-order valence-electron chi connectivity index (χ4n) is 2.34. The van der Waals surface area contributed by atoms with Gasteiger partial charge < -0.3 is 16.0 Å². The molecule has 100 valence electrons. The van der Waals surface area contributed by atoms with Crippen LogP contribution in [0.4, 0.5) is 0 Å². The lowest BCUT2D eigenvalue weighted by molar-refractivity contribution is -0.122. The summed E-state index contributed by atoms with van der Waals surface area (Å²) >= 11 is 0. The number of likely N-dealkylation sites (N-methyl/N-ethyl adjacent to an activating group) is 1. The van der Waals surface area contributed by atoms with Crippen LogP contribution in [0.25, 0.3) is 0 Å². The Morgan fingerprint density at radius 3 is 2.88 bits per heavy atom. The summed E-state index contributed by atoms with van der Waals surface area (Å²) in [6.07, 6.45) is 2.23. The van der Waals surface area contributed by atoms with Crippen LogP contribution in [0.5, 0.6) is 0 Å². The van der Waals surface area contributed by atoms with Gasteiger partial charge in [-0.1, -0.05) is 6.92 Å². The van der Waals surface area contributed by atoms with Crippen molar-refractivity contribution in [2.75, 3.05) is 46.3 Å². The van der Waals surface area contributed by atoms with Crippen LogP contribution in [0.1, 0.15) is 19.8 Å². The normalized spacial score (nSPS) is 23.4. The van der Waals surface area contributed by atoms with Crippen LogP contribution in [-0.2, 0) is 4.79 Å². The van der Waals surface area contributed by atoms with E-state index in [1.165, 1.54) is 0 Å². The van der Waals surface area contributed by atoms with E-state index in [9.17, 15) is 4.79 Å². The molecule has 1 aliphatic rings. The first kappa shape index (κ1) is 14.4. The van der Waals surface area contributed by atoms with Crippen LogP contribution in [0, 0.1) is 0 Å². The summed E-state index contributed by atoms with van der Waals surface area (Å²) in [5.41, 5.74) is 5.37. The molecule has 0 aromatic carbocycles. The van der Waals surface area contributed by atoms with E-state index in [-0.39, 0.29) is 5.91 Å². The maximum Gasteiger partial charge on any atom is 0.234 e. The van der Waals surface area contributed by atoms with Gasteiger partial charge in [-0.05, 0) is 26.4 Å². The molecule has 1 saturated heterocycles. The highest BCUT2D eigenvalue weighted by Gasteiger charge is 2.23. The van der Waals surface area contributed by atoms with Crippen molar-refractivity contribution in [2.24, 2.45) is 5.73 Å². The largest absolute Gasteiger partial charge is 0.354 e. The van der Waals surface area contributed by atoms with E-state index >= 15 is 0 Å². The van der Waals surface area contributed by atoms with Gasteiger partial charge in [0.25, 0.3) is 0 Å². The Morgan fingerprint density at radius 1 is 1.47 bits per heavy atom. The maximum atomic E-state index is 11.7. The zero-order valence-corrected chi connectivity index (χ0v) is 11.1. The molecule has 17 heavy (non-hydrogen) atoms. The first-order valence-corrected chi connectivity index (χ1v) is 6.56. The van der Waals surface area contributed by atoms with E-state index in [0.717, 1.165) is 32.5 Å². The third-order valence-corrected chi connectivity index (χ3v) is 3.31. The van der Waals surface area contributed by atoms with Gasteiger partial charge >= 0.3 is 0 Å². The first-order valence-electron chi connectivity index (χ1n) is 6.56. The fraction of sp³-hybridized carbons (Fsp3) is 0.917.